The van der Waals surface area contributed by atoms with Gasteiger partial charge in [0.1, 0.15) is 0 Å². The van der Waals surface area contributed by atoms with Gasteiger partial charge in [-0.25, -0.2) is 0 Å². The lowest BCUT2D eigenvalue weighted by molar-refractivity contribution is -0.131. The maximum absolute atomic E-state index is 11.7. The minimum Gasteiger partial charge on any atom is -0.393 e. The maximum atomic E-state index is 11.7. The van der Waals surface area contributed by atoms with E-state index < -0.39 is 0 Å². The first kappa shape index (κ1) is 11.4. The molecule has 2 rings (SSSR count). The highest BCUT2D eigenvalue weighted by Gasteiger charge is 2.37. The van der Waals surface area contributed by atoms with Gasteiger partial charge in [-0.15, -0.1) is 0 Å². The zero-order valence-corrected chi connectivity index (χ0v) is 9.26. The van der Waals surface area contributed by atoms with E-state index in [1.165, 1.54) is 0 Å². The number of primary amides is 1. The van der Waals surface area contributed by atoms with E-state index in [2.05, 4.69) is 0 Å². The van der Waals surface area contributed by atoms with Crippen LogP contribution in [-0.4, -0.2) is 40.5 Å². The number of carbonyl (C=O) groups is 2. The normalized spacial score (nSPS) is 35.4. The molecule has 1 aliphatic heterocycles. The van der Waals surface area contributed by atoms with Gasteiger partial charge in [0, 0.05) is 19.0 Å². The van der Waals surface area contributed by atoms with Crippen LogP contribution in [0, 0.1) is 5.92 Å². The molecule has 2 fully saturated rings. The fraction of sp³-hybridized carbons (Fsp3) is 0.818. The predicted molar refractivity (Wildman–Crippen MR) is 57.3 cm³/mol. The largest absolute Gasteiger partial charge is 0.393 e. The molecule has 0 bridgehead atoms. The van der Waals surface area contributed by atoms with Crippen LogP contribution in [0.4, 0.5) is 0 Å². The summed E-state index contributed by atoms with van der Waals surface area (Å²) in [5.74, 6) is -0.670. The topological polar surface area (TPSA) is 83.6 Å². The monoisotopic (exact) mass is 226 g/mol. The molecule has 1 saturated carbocycles. The van der Waals surface area contributed by atoms with Gasteiger partial charge in [0.25, 0.3) is 0 Å². The molecule has 0 aromatic heterocycles. The fourth-order valence-corrected chi connectivity index (χ4v) is 2.65. The third-order valence-electron chi connectivity index (χ3n) is 3.67. The van der Waals surface area contributed by atoms with Gasteiger partial charge in [-0.1, -0.05) is 0 Å². The number of amides is 2. The number of hydrogen-bond donors (Lipinski definition) is 2. The number of nitrogens with two attached hydrogens (primary N) is 1. The molecule has 1 unspecified atom stereocenters. The third-order valence-corrected chi connectivity index (χ3v) is 3.67. The summed E-state index contributed by atoms with van der Waals surface area (Å²) in [6.45, 7) is 0.467. The summed E-state index contributed by atoms with van der Waals surface area (Å²) < 4.78 is 0. The van der Waals surface area contributed by atoms with E-state index in [0.717, 1.165) is 25.7 Å². The lowest BCUT2D eigenvalue weighted by Gasteiger charge is -2.33. The molecule has 5 nitrogen and oxygen atoms in total. The number of hydrogen-bond acceptors (Lipinski definition) is 3. The standard InChI is InChI=1S/C11H18N2O3/c12-11(16)7-5-10(15)13(6-7)8-1-3-9(14)4-2-8/h7-9,14H,1-6H2,(H2,12,16). The Morgan fingerprint density at radius 2 is 1.94 bits per heavy atom. The van der Waals surface area contributed by atoms with Gasteiger partial charge in [0.15, 0.2) is 0 Å². The zero-order chi connectivity index (χ0) is 11.7. The average Bonchev–Trinajstić information content (AvgIpc) is 2.62. The van der Waals surface area contributed by atoms with E-state index >= 15 is 0 Å². The van der Waals surface area contributed by atoms with Crippen LogP contribution in [0.5, 0.6) is 0 Å². The van der Waals surface area contributed by atoms with Crippen molar-refractivity contribution >= 4 is 11.8 Å². The smallest absolute Gasteiger partial charge is 0.223 e. The Bertz CT molecular complexity index is 298. The molecule has 3 N–H and O–H groups in total. The molecule has 16 heavy (non-hydrogen) atoms. The number of aliphatic hydroxyl groups excluding tert-OH is 1. The van der Waals surface area contributed by atoms with Crippen molar-refractivity contribution in [3.63, 3.8) is 0 Å². The first-order chi connectivity index (χ1) is 7.58. The first-order valence-electron chi connectivity index (χ1n) is 5.84. The fourth-order valence-electron chi connectivity index (χ4n) is 2.65. The summed E-state index contributed by atoms with van der Waals surface area (Å²) >= 11 is 0. The van der Waals surface area contributed by atoms with Crippen LogP contribution < -0.4 is 5.73 Å². The van der Waals surface area contributed by atoms with E-state index in [9.17, 15) is 14.7 Å². The van der Waals surface area contributed by atoms with Crippen LogP contribution in [0.25, 0.3) is 0 Å². The molecule has 1 heterocycles. The highest BCUT2D eigenvalue weighted by molar-refractivity contribution is 5.88. The van der Waals surface area contributed by atoms with Gasteiger partial charge < -0.3 is 15.7 Å². The van der Waals surface area contributed by atoms with Crippen molar-refractivity contribution in [2.24, 2.45) is 11.7 Å². The predicted octanol–water partition coefficient (Wildman–Crippen LogP) is -0.376. The van der Waals surface area contributed by atoms with Crippen LogP contribution in [0.3, 0.4) is 0 Å². The molecule has 1 aliphatic carbocycles. The molecule has 2 amide bonds. The van der Waals surface area contributed by atoms with Crippen LogP contribution in [0.15, 0.2) is 0 Å². The number of carbonyl (C=O) groups excluding carboxylic acids is 2. The Hall–Kier alpha value is -1.10. The lowest BCUT2D eigenvalue weighted by Crippen LogP contribution is -2.40. The second-order valence-corrected chi connectivity index (χ2v) is 4.81. The van der Waals surface area contributed by atoms with Gasteiger partial charge in [0.2, 0.25) is 11.8 Å². The minimum atomic E-state index is -0.383. The molecule has 1 saturated heterocycles. The van der Waals surface area contributed by atoms with Gasteiger partial charge in [-0.05, 0) is 25.7 Å². The van der Waals surface area contributed by atoms with E-state index in [-0.39, 0.29) is 36.3 Å². The molecular formula is C11H18N2O3. The molecule has 5 heteroatoms. The molecule has 1 atom stereocenters. The van der Waals surface area contributed by atoms with E-state index in [1.807, 2.05) is 0 Å². The summed E-state index contributed by atoms with van der Waals surface area (Å²) in [7, 11) is 0. The van der Waals surface area contributed by atoms with E-state index in [4.69, 9.17) is 5.73 Å². The van der Waals surface area contributed by atoms with Crippen LogP contribution >= 0.6 is 0 Å². The van der Waals surface area contributed by atoms with E-state index in [1.54, 1.807) is 4.90 Å². The van der Waals surface area contributed by atoms with Gasteiger partial charge in [0.05, 0.1) is 12.0 Å². The summed E-state index contributed by atoms with van der Waals surface area (Å²) in [5.41, 5.74) is 5.22. The quantitative estimate of drug-likeness (QED) is 0.673. The Balaban J connectivity index is 1.95. The second-order valence-electron chi connectivity index (χ2n) is 4.81. The van der Waals surface area contributed by atoms with Crippen LogP contribution in [-0.2, 0) is 9.59 Å². The molecule has 0 spiro atoms. The Kier molecular flexibility index (Phi) is 3.14. The van der Waals surface area contributed by atoms with Crippen molar-refractivity contribution in [1.29, 1.82) is 0 Å². The molecule has 0 aromatic rings. The van der Waals surface area contributed by atoms with E-state index in [0.29, 0.717) is 6.54 Å². The van der Waals surface area contributed by atoms with Gasteiger partial charge in [-0.3, -0.25) is 9.59 Å². The molecular weight excluding hydrogens is 208 g/mol. The molecule has 90 valence electrons. The number of aliphatic hydroxyl groups is 1. The Morgan fingerprint density at radius 1 is 1.31 bits per heavy atom. The minimum absolute atomic E-state index is 0.0326. The Morgan fingerprint density at radius 3 is 2.44 bits per heavy atom. The van der Waals surface area contributed by atoms with Crippen molar-refractivity contribution in [2.45, 2.75) is 44.2 Å². The lowest BCUT2D eigenvalue weighted by atomic mass is 9.92. The van der Waals surface area contributed by atoms with Gasteiger partial charge in [-0.2, -0.15) is 0 Å². The molecule has 0 aromatic carbocycles. The average molecular weight is 226 g/mol. The highest BCUT2D eigenvalue weighted by atomic mass is 16.3. The van der Waals surface area contributed by atoms with Crippen LogP contribution in [0.1, 0.15) is 32.1 Å². The first-order valence-corrected chi connectivity index (χ1v) is 5.84. The van der Waals surface area contributed by atoms with Crippen molar-refractivity contribution in [3.8, 4) is 0 Å². The summed E-state index contributed by atoms with van der Waals surface area (Å²) in [6.07, 6.45) is 3.19. The van der Waals surface area contributed by atoms with Crippen molar-refractivity contribution in [2.75, 3.05) is 6.54 Å². The van der Waals surface area contributed by atoms with Gasteiger partial charge >= 0.3 is 0 Å². The number of likely N-dealkylation sites (tertiary alicyclic amines) is 1. The summed E-state index contributed by atoms with van der Waals surface area (Å²) in [6, 6.07) is 0.195. The summed E-state index contributed by atoms with van der Waals surface area (Å²) in [5, 5.41) is 9.40. The summed E-state index contributed by atoms with van der Waals surface area (Å²) in [4.78, 5) is 24.5. The highest BCUT2D eigenvalue weighted by Crippen LogP contribution is 2.28. The van der Waals surface area contributed by atoms with Crippen molar-refractivity contribution in [1.82, 2.24) is 4.90 Å². The van der Waals surface area contributed by atoms with Crippen LogP contribution in [0.2, 0.25) is 0 Å². The SMILES string of the molecule is NC(=O)C1CC(=O)N(C2CCC(O)CC2)C1. The molecule has 2 aliphatic rings. The second kappa shape index (κ2) is 4.41. The Labute approximate surface area is 94.6 Å². The van der Waals surface area contributed by atoms with Crippen molar-refractivity contribution < 1.29 is 14.7 Å². The zero-order valence-electron chi connectivity index (χ0n) is 9.26. The number of rotatable bonds is 2. The maximum Gasteiger partial charge on any atom is 0.223 e. The molecule has 0 radical (unpaired) electrons. The third kappa shape index (κ3) is 2.19. The van der Waals surface area contributed by atoms with Crippen molar-refractivity contribution in [3.05, 3.63) is 0 Å². The number of nitrogens with zero attached hydrogens (tertiary/aromatic N) is 1.